The molecule has 0 spiro atoms. The second-order valence-corrected chi connectivity index (χ2v) is 4.88. The largest absolute Gasteiger partial charge is 0.427 e. The Kier molecular flexibility index (Phi) is 6.08. The van der Waals surface area contributed by atoms with E-state index in [0.29, 0.717) is 18.7 Å². The summed E-state index contributed by atoms with van der Waals surface area (Å²) in [6.45, 7) is 7.05. The van der Waals surface area contributed by atoms with E-state index in [1.54, 1.807) is 6.92 Å². The number of benzene rings is 1. The van der Waals surface area contributed by atoms with Crippen molar-refractivity contribution in [1.82, 2.24) is 0 Å². The van der Waals surface area contributed by atoms with Gasteiger partial charge in [0.05, 0.1) is 11.3 Å². The molecule has 1 aromatic carbocycles. The molecule has 1 rings (SSSR count). The van der Waals surface area contributed by atoms with E-state index in [0.717, 1.165) is 0 Å². The molecule has 0 aromatic heterocycles. The lowest BCUT2D eigenvalue weighted by Gasteiger charge is -2.27. The molecule has 6 nitrogen and oxygen atoms in total. The van der Waals surface area contributed by atoms with E-state index >= 15 is 0 Å². The number of nitriles is 1. The Labute approximate surface area is 130 Å². The number of carbonyl (C=O) groups excluding carboxylic acids is 2. The van der Waals surface area contributed by atoms with Crippen molar-refractivity contribution in [1.29, 1.82) is 5.26 Å². The summed E-state index contributed by atoms with van der Waals surface area (Å²) in [4.78, 5) is 23.3. The third kappa shape index (κ3) is 4.30. The highest BCUT2D eigenvalue weighted by atomic mass is 16.5. The fourth-order valence-electron chi connectivity index (χ4n) is 1.86. The molecule has 0 fully saturated rings. The quantitative estimate of drug-likeness (QED) is 0.644. The van der Waals surface area contributed by atoms with Crippen molar-refractivity contribution < 1.29 is 19.1 Å². The Morgan fingerprint density at radius 2 is 2.05 bits per heavy atom. The van der Waals surface area contributed by atoms with Crippen LogP contribution in [0.3, 0.4) is 0 Å². The van der Waals surface area contributed by atoms with Crippen molar-refractivity contribution in [2.24, 2.45) is 0 Å². The summed E-state index contributed by atoms with van der Waals surface area (Å²) in [5, 5.41) is 11.9. The van der Waals surface area contributed by atoms with Crippen molar-refractivity contribution in [3.63, 3.8) is 0 Å². The number of hydrogen-bond acceptors (Lipinski definition) is 5. The predicted molar refractivity (Wildman–Crippen MR) is 81.4 cm³/mol. The second kappa shape index (κ2) is 7.57. The van der Waals surface area contributed by atoms with Crippen molar-refractivity contribution in [3.05, 3.63) is 23.8 Å². The molecule has 0 aliphatic heterocycles. The van der Waals surface area contributed by atoms with Crippen LogP contribution in [0.5, 0.6) is 5.75 Å². The lowest BCUT2D eigenvalue weighted by molar-refractivity contribution is -0.139. The number of hydrogen-bond donors (Lipinski definition) is 1. The number of nitrogens with zero attached hydrogens (tertiary/aromatic N) is 1. The van der Waals surface area contributed by atoms with Gasteiger partial charge in [-0.1, -0.05) is 6.92 Å². The van der Waals surface area contributed by atoms with Gasteiger partial charge in [-0.25, -0.2) is 0 Å². The van der Waals surface area contributed by atoms with Crippen LogP contribution in [0, 0.1) is 11.3 Å². The molecule has 1 amide bonds. The van der Waals surface area contributed by atoms with Crippen LogP contribution in [-0.4, -0.2) is 24.1 Å². The number of amides is 1. The smallest absolute Gasteiger partial charge is 0.308 e. The third-order valence-electron chi connectivity index (χ3n) is 3.24. The first-order chi connectivity index (χ1) is 10.4. The highest BCUT2D eigenvalue weighted by molar-refractivity contribution is 5.98. The van der Waals surface area contributed by atoms with Crippen LogP contribution in [0.2, 0.25) is 0 Å². The zero-order valence-electron chi connectivity index (χ0n) is 13.2. The molecule has 6 heteroatoms. The van der Waals surface area contributed by atoms with Gasteiger partial charge < -0.3 is 14.8 Å². The molecule has 0 aliphatic rings. The monoisotopic (exact) mass is 304 g/mol. The lowest BCUT2D eigenvalue weighted by Crippen LogP contribution is -2.42. The van der Waals surface area contributed by atoms with Gasteiger partial charge in [-0.05, 0) is 32.4 Å². The first-order valence-electron chi connectivity index (χ1n) is 7.04. The molecule has 0 heterocycles. The highest BCUT2D eigenvalue weighted by Gasteiger charge is 2.32. The van der Waals surface area contributed by atoms with E-state index in [-0.39, 0.29) is 17.2 Å². The summed E-state index contributed by atoms with van der Waals surface area (Å²) < 4.78 is 10.4. The molecule has 0 saturated heterocycles. The molecule has 1 atom stereocenters. The summed E-state index contributed by atoms with van der Waals surface area (Å²) in [5.41, 5.74) is -0.402. The average molecular weight is 304 g/mol. The Morgan fingerprint density at radius 3 is 2.55 bits per heavy atom. The lowest BCUT2D eigenvalue weighted by atomic mass is 10.0. The molecule has 1 aromatic rings. The zero-order valence-corrected chi connectivity index (χ0v) is 13.2. The standard InChI is InChI=1S/C16H20N2O4/c1-5-16(4,21-6-2)15(20)18-14-8-7-13(22-11(3)19)9-12(14)10-17/h7-9H,5-6H2,1-4H3,(H,18,20). The van der Waals surface area contributed by atoms with E-state index in [1.165, 1.54) is 25.1 Å². The summed E-state index contributed by atoms with van der Waals surface area (Å²) in [6, 6.07) is 6.41. The maximum Gasteiger partial charge on any atom is 0.308 e. The van der Waals surface area contributed by atoms with Crippen molar-refractivity contribution >= 4 is 17.6 Å². The van der Waals surface area contributed by atoms with Gasteiger partial charge in [0.2, 0.25) is 0 Å². The minimum absolute atomic E-state index is 0.210. The highest BCUT2D eigenvalue weighted by Crippen LogP contribution is 2.24. The summed E-state index contributed by atoms with van der Waals surface area (Å²) in [6.07, 6.45) is 0.500. The molecule has 1 unspecified atom stereocenters. The Bertz CT molecular complexity index is 607. The van der Waals surface area contributed by atoms with Gasteiger partial charge in [0.25, 0.3) is 5.91 Å². The molecule has 22 heavy (non-hydrogen) atoms. The Hall–Kier alpha value is -2.39. The number of anilines is 1. The van der Waals surface area contributed by atoms with Crippen LogP contribution in [0.15, 0.2) is 18.2 Å². The molecule has 1 N–H and O–H groups in total. The van der Waals surface area contributed by atoms with Crippen LogP contribution in [0.1, 0.15) is 39.7 Å². The molecule has 0 saturated carbocycles. The number of nitrogens with one attached hydrogen (secondary N) is 1. The molecular weight excluding hydrogens is 284 g/mol. The van der Waals surface area contributed by atoms with Gasteiger partial charge in [0.15, 0.2) is 0 Å². The minimum atomic E-state index is -0.962. The predicted octanol–water partition coefficient (Wildman–Crippen LogP) is 2.63. The van der Waals surface area contributed by atoms with Gasteiger partial charge in [0.1, 0.15) is 17.4 Å². The molecule has 118 valence electrons. The fraction of sp³-hybridized carbons (Fsp3) is 0.438. The third-order valence-corrected chi connectivity index (χ3v) is 3.24. The maximum absolute atomic E-state index is 12.4. The van der Waals surface area contributed by atoms with E-state index in [4.69, 9.17) is 9.47 Å². The van der Waals surface area contributed by atoms with Crippen molar-refractivity contribution in [2.75, 3.05) is 11.9 Å². The summed E-state index contributed by atoms with van der Waals surface area (Å²) >= 11 is 0. The van der Waals surface area contributed by atoms with Crippen molar-refractivity contribution in [3.8, 4) is 11.8 Å². The first kappa shape index (κ1) is 17.7. The minimum Gasteiger partial charge on any atom is -0.427 e. The Morgan fingerprint density at radius 1 is 1.36 bits per heavy atom. The number of esters is 1. The normalized spacial score (nSPS) is 12.9. The van der Waals surface area contributed by atoms with Gasteiger partial charge in [-0.2, -0.15) is 5.26 Å². The van der Waals surface area contributed by atoms with E-state index in [2.05, 4.69) is 5.32 Å². The van der Waals surface area contributed by atoms with Crippen molar-refractivity contribution in [2.45, 2.75) is 39.7 Å². The van der Waals surface area contributed by atoms with E-state index in [1.807, 2.05) is 19.9 Å². The van der Waals surface area contributed by atoms with Crippen LogP contribution in [-0.2, 0) is 14.3 Å². The molecule has 0 aliphatic carbocycles. The number of carbonyl (C=O) groups is 2. The average Bonchev–Trinajstić information content (AvgIpc) is 2.48. The number of ether oxygens (including phenoxy) is 2. The van der Waals surface area contributed by atoms with E-state index < -0.39 is 11.6 Å². The summed E-state index contributed by atoms with van der Waals surface area (Å²) in [5.74, 6) is -0.547. The maximum atomic E-state index is 12.4. The molecule has 0 radical (unpaired) electrons. The Balaban J connectivity index is 3.00. The van der Waals surface area contributed by atoms with Crippen LogP contribution >= 0.6 is 0 Å². The molecule has 0 bridgehead atoms. The van der Waals surface area contributed by atoms with Crippen LogP contribution < -0.4 is 10.1 Å². The van der Waals surface area contributed by atoms with Gasteiger partial charge in [-0.3, -0.25) is 9.59 Å². The van der Waals surface area contributed by atoms with Gasteiger partial charge in [-0.15, -0.1) is 0 Å². The molecular formula is C16H20N2O4. The number of rotatable bonds is 6. The second-order valence-electron chi connectivity index (χ2n) is 4.88. The first-order valence-corrected chi connectivity index (χ1v) is 7.04. The zero-order chi connectivity index (χ0) is 16.8. The topological polar surface area (TPSA) is 88.4 Å². The van der Waals surface area contributed by atoms with Crippen LogP contribution in [0.4, 0.5) is 5.69 Å². The summed E-state index contributed by atoms with van der Waals surface area (Å²) in [7, 11) is 0. The van der Waals surface area contributed by atoms with Crippen LogP contribution in [0.25, 0.3) is 0 Å². The fourth-order valence-corrected chi connectivity index (χ4v) is 1.86. The van der Waals surface area contributed by atoms with Gasteiger partial charge >= 0.3 is 5.97 Å². The van der Waals surface area contributed by atoms with Gasteiger partial charge in [0, 0.05) is 19.6 Å². The SMILES string of the molecule is CCOC(C)(CC)C(=O)Nc1ccc(OC(C)=O)cc1C#N. The van der Waals surface area contributed by atoms with E-state index in [9.17, 15) is 14.9 Å².